The Balaban J connectivity index is 0.000000353. The number of nitrogens with one attached hydrogen (secondary N) is 1. The van der Waals surface area contributed by atoms with Crippen molar-refractivity contribution in [3.05, 3.63) is 48.5 Å². The Morgan fingerprint density at radius 2 is 1.08 bits per heavy atom. The summed E-state index contributed by atoms with van der Waals surface area (Å²) < 4.78 is 59.4. The maximum atomic E-state index is 12.5. The first-order chi connectivity index (χ1) is 30.9. The summed E-state index contributed by atoms with van der Waals surface area (Å²) >= 11 is 0. The number of benzene rings is 2. The molecule has 2 heterocycles. The second kappa shape index (κ2) is 27.6. The van der Waals surface area contributed by atoms with Crippen molar-refractivity contribution in [2.45, 2.75) is 92.2 Å². The van der Waals surface area contributed by atoms with Crippen LogP contribution in [0.3, 0.4) is 0 Å². The minimum absolute atomic E-state index is 0.0638. The summed E-state index contributed by atoms with van der Waals surface area (Å²) in [5.41, 5.74) is 4.97. The number of carbonyl (C=O) groups is 5. The van der Waals surface area contributed by atoms with Gasteiger partial charge in [-0.25, -0.2) is 19.2 Å². The van der Waals surface area contributed by atoms with E-state index in [-0.39, 0.29) is 43.8 Å². The number of rotatable bonds is 19. The molecule has 0 bridgehead atoms. The first-order valence-corrected chi connectivity index (χ1v) is 21.8. The summed E-state index contributed by atoms with van der Waals surface area (Å²) in [4.78, 5) is 63.8. The molecule has 20 heteroatoms. The summed E-state index contributed by atoms with van der Waals surface area (Å²) in [6.45, 7) is 18.4. The van der Waals surface area contributed by atoms with Crippen molar-refractivity contribution < 1.29 is 76.1 Å². The van der Waals surface area contributed by atoms with Crippen LogP contribution in [0.5, 0.6) is 23.0 Å². The number of nitrogens with two attached hydrogens (primary N) is 1. The van der Waals surface area contributed by atoms with Gasteiger partial charge >= 0.3 is 30.2 Å². The monoisotopic (exact) mass is 920 g/mol. The van der Waals surface area contributed by atoms with Gasteiger partial charge < -0.3 is 73.0 Å². The Morgan fingerprint density at radius 1 is 0.662 bits per heavy atom. The van der Waals surface area contributed by atoms with E-state index in [1.807, 2.05) is 56.3 Å². The van der Waals surface area contributed by atoms with E-state index in [0.29, 0.717) is 69.1 Å². The molecule has 0 aromatic heterocycles. The molecule has 0 spiro atoms. The van der Waals surface area contributed by atoms with Gasteiger partial charge in [-0.1, -0.05) is 52.0 Å². The maximum absolute atomic E-state index is 12.5. The van der Waals surface area contributed by atoms with Crippen molar-refractivity contribution in [2.24, 2.45) is 17.6 Å². The van der Waals surface area contributed by atoms with E-state index < -0.39 is 61.5 Å². The molecular weight excluding hydrogens is 853 g/mol. The van der Waals surface area contributed by atoms with Crippen LogP contribution in [0.4, 0.5) is 14.4 Å². The standard InChI is InChI=1S/C25H38N2O9.C20H30N2O7/c1-7-31-19-10-8-9-11-20(19)33-15-18-14-27(12-13-32-18)24(30)35-16-34-22(28)21(17(2)3)26-23(29)36-25(4,5)6;1-4-25-16-7-5-6-8-17(16)27-12-15-11-22(9-10-26-15)20(24)29-13-28-19(23)18(21)14(2)3/h8-11,17-18,21H,7,12-16H2,1-6H3,(H,26,29);5-8,14-15,18H,4,9-13,21H2,1-3H3/t18?,21-;15?,18-/m11/s1. The number of esters is 2. The predicted octanol–water partition coefficient (Wildman–Crippen LogP) is 5.14. The van der Waals surface area contributed by atoms with Gasteiger partial charge in [-0.3, -0.25) is 4.79 Å². The third-order valence-corrected chi connectivity index (χ3v) is 9.29. The van der Waals surface area contributed by atoms with E-state index in [9.17, 15) is 24.0 Å². The molecule has 3 amide bonds. The molecule has 2 saturated heterocycles. The lowest BCUT2D eigenvalue weighted by molar-refractivity contribution is -0.157. The van der Waals surface area contributed by atoms with Crippen LogP contribution in [0, 0.1) is 11.8 Å². The quantitative estimate of drug-likeness (QED) is 0.106. The normalized spacial score (nSPS) is 17.0. The molecule has 364 valence electrons. The molecule has 0 aliphatic carbocycles. The molecule has 2 fully saturated rings. The van der Waals surface area contributed by atoms with Crippen LogP contribution >= 0.6 is 0 Å². The zero-order chi connectivity index (χ0) is 47.9. The van der Waals surface area contributed by atoms with Gasteiger partial charge in [-0.15, -0.1) is 0 Å². The second-order valence-corrected chi connectivity index (χ2v) is 16.4. The minimum atomic E-state index is -0.956. The van der Waals surface area contributed by atoms with Crippen molar-refractivity contribution in [1.82, 2.24) is 15.1 Å². The lowest BCUT2D eigenvalue weighted by Crippen LogP contribution is -2.48. The van der Waals surface area contributed by atoms with E-state index in [2.05, 4.69) is 5.32 Å². The van der Waals surface area contributed by atoms with Crippen LogP contribution in [0.2, 0.25) is 0 Å². The predicted molar refractivity (Wildman–Crippen MR) is 235 cm³/mol. The van der Waals surface area contributed by atoms with Crippen LogP contribution in [-0.2, 0) is 42.7 Å². The number of para-hydroxylation sites is 4. The number of carbonyl (C=O) groups excluding carboxylic acids is 5. The highest BCUT2D eigenvalue weighted by atomic mass is 16.7. The van der Waals surface area contributed by atoms with Gasteiger partial charge in [-0.05, 0) is 70.7 Å². The minimum Gasteiger partial charge on any atom is -0.490 e. The van der Waals surface area contributed by atoms with Crippen LogP contribution in [-0.4, -0.2) is 149 Å². The average molecular weight is 921 g/mol. The number of nitrogens with zero attached hydrogens (tertiary/aromatic N) is 2. The van der Waals surface area contributed by atoms with Gasteiger partial charge in [0, 0.05) is 13.1 Å². The molecule has 2 aliphatic rings. The van der Waals surface area contributed by atoms with E-state index in [1.165, 1.54) is 9.80 Å². The van der Waals surface area contributed by atoms with Crippen molar-refractivity contribution >= 4 is 30.2 Å². The molecule has 2 aromatic carbocycles. The van der Waals surface area contributed by atoms with Gasteiger partial charge in [0.05, 0.1) is 39.5 Å². The number of hydrogen-bond donors (Lipinski definition) is 2. The highest BCUT2D eigenvalue weighted by molar-refractivity contribution is 5.81. The highest BCUT2D eigenvalue weighted by Crippen LogP contribution is 2.28. The maximum Gasteiger partial charge on any atom is 0.412 e. The zero-order valence-electron chi connectivity index (χ0n) is 39.1. The summed E-state index contributed by atoms with van der Waals surface area (Å²) in [5.74, 6) is 0.831. The topological polar surface area (TPSA) is 231 Å². The Morgan fingerprint density at radius 3 is 1.46 bits per heavy atom. The van der Waals surface area contributed by atoms with Gasteiger partial charge in [0.15, 0.2) is 23.0 Å². The number of amides is 3. The first kappa shape index (κ1) is 53.6. The molecule has 0 saturated carbocycles. The van der Waals surface area contributed by atoms with Crippen molar-refractivity contribution in [1.29, 1.82) is 0 Å². The van der Waals surface area contributed by atoms with Gasteiger partial charge in [0.1, 0.15) is 43.1 Å². The highest BCUT2D eigenvalue weighted by Gasteiger charge is 2.31. The molecule has 3 N–H and O–H groups in total. The molecule has 4 rings (SSSR count). The van der Waals surface area contributed by atoms with Crippen molar-refractivity contribution in [3.63, 3.8) is 0 Å². The Labute approximate surface area is 381 Å². The van der Waals surface area contributed by atoms with Gasteiger partial charge in [-0.2, -0.15) is 0 Å². The molecule has 65 heavy (non-hydrogen) atoms. The summed E-state index contributed by atoms with van der Waals surface area (Å²) in [6, 6.07) is 13.0. The molecule has 2 aliphatic heterocycles. The molecule has 2 aromatic rings. The van der Waals surface area contributed by atoms with Crippen LogP contribution < -0.4 is 30.0 Å². The van der Waals surface area contributed by atoms with E-state index >= 15 is 0 Å². The number of hydrogen-bond acceptors (Lipinski definition) is 17. The fourth-order valence-electron chi connectivity index (χ4n) is 5.87. The summed E-state index contributed by atoms with van der Waals surface area (Å²) in [5, 5.41) is 2.49. The summed E-state index contributed by atoms with van der Waals surface area (Å²) in [6.07, 6.45) is -2.65. The fourth-order valence-corrected chi connectivity index (χ4v) is 5.87. The largest absolute Gasteiger partial charge is 0.490 e. The number of morpholine rings is 2. The number of alkyl carbamates (subject to hydrolysis) is 1. The summed E-state index contributed by atoms with van der Waals surface area (Å²) in [7, 11) is 0. The van der Waals surface area contributed by atoms with E-state index in [0.717, 1.165) is 0 Å². The average Bonchev–Trinajstić information content (AvgIpc) is 3.27. The van der Waals surface area contributed by atoms with Gasteiger partial charge in [0.2, 0.25) is 13.6 Å². The number of ether oxygens (including phenoxy) is 11. The molecule has 20 nitrogen and oxygen atoms in total. The lowest BCUT2D eigenvalue weighted by Gasteiger charge is -2.32. The molecular formula is C45H68N4O16. The van der Waals surface area contributed by atoms with Crippen LogP contribution in [0.1, 0.15) is 62.3 Å². The third kappa shape index (κ3) is 19.5. The second-order valence-electron chi connectivity index (χ2n) is 16.4. The molecule has 2 unspecified atom stereocenters. The Hall–Kier alpha value is -5.73. The smallest absolute Gasteiger partial charge is 0.412 e. The molecule has 0 radical (unpaired) electrons. The molecule has 4 atom stereocenters. The lowest BCUT2D eigenvalue weighted by atomic mass is 10.1. The van der Waals surface area contributed by atoms with Crippen LogP contribution in [0.25, 0.3) is 0 Å². The Kier molecular flexibility index (Phi) is 22.7. The van der Waals surface area contributed by atoms with Gasteiger partial charge in [0.25, 0.3) is 0 Å². The first-order valence-electron chi connectivity index (χ1n) is 21.8. The van der Waals surface area contributed by atoms with E-state index in [1.54, 1.807) is 54.5 Å². The fraction of sp³-hybridized carbons (Fsp3) is 0.622. The van der Waals surface area contributed by atoms with Crippen molar-refractivity contribution in [3.8, 4) is 23.0 Å². The SMILES string of the molecule is CCOc1ccccc1OCC1CN(C(=O)OCOC(=O)[C@H](N)C(C)C)CCO1.CCOc1ccccc1OCC1CN(C(=O)OCOC(=O)[C@H](NC(=O)OC(C)(C)C)C(C)C)CCO1. The Bertz CT molecular complexity index is 1790. The van der Waals surface area contributed by atoms with Crippen LogP contribution in [0.15, 0.2) is 48.5 Å². The van der Waals surface area contributed by atoms with Crippen molar-refractivity contribution in [2.75, 3.05) is 79.4 Å². The van der Waals surface area contributed by atoms with E-state index in [4.69, 9.17) is 57.8 Å². The third-order valence-electron chi connectivity index (χ3n) is 9.29. The zero-order valence-corrected chi connectivity index (χ0v) is 39.1.